The van der Waals surface area contributed by atoms with E-state index in [2.05, 4.69) is 10.1 Å². The molecular weight excluding hydrogens is 248 g/mol. The smallest absolute Gasteiger partial charge is 0.246 e. The van der Waals surface area contributed by atoms with E-state index in [1.165, 1.54) is 7.11 Å². The van der Waals surface area contributed by atoms with E-state index >= 15 is 0 Å². The number of ether oxygens (including phenoxy) is 2. The zero-order valence-corrected chi connectivity index (χ0v) is 11.0. The van der Waals surface area contributed by atoms with Crippen LogP contribution in [0.4, 0.5) is 0 Å². The molecule has 6 heteroatoms. The maximum absolute atomic E-state index is 11.4. The van der Waals surface area contributed by atoms with E-state index in [9.17, 15) is 9.59 Å². The van der Waals surface area contributed by atoms with Gasteiger partial charge < -0.3 is 20.5 Å². The molecule has 0 bridgehead atoms. The fourth-order valence-corrected chi connectivity index (χ4v) is 1.62. The Hall–Kier alpha value is -2.08. The van der Waals surface area contributed by atoms with Crippen LogP contribution in [0.5, 0.6) is 5.75 Å². The monoisotopic (exact) mass is 266 g/mol. The van der Waals surface area contributed by atoms with Gasteiger partial charge in [0.05, 0.1) is 7.11 Å². The summed E-state index contributed by atoms with van der Waals surface area (Å²) in [6.45, 7) is -0.109. The number of rotatable bonds is 7. The first kappa shape index (κ1) is 15.0. The predicted molar refractivity (Wildman–Crippen MR) is 69.7 cm³/mol. The maximum Gasteiger partial charge on any atom is 0.246 e. The van der Waals surface area contributed by atoms with E-state index in [1.807, 2.05) is 12.1 Å². The Morgan fingerprint density at radius 3 is 2.68 bits per heavy atom. The molecule has 0 spiro atoms. The Morgan fingerprint density at radius 2 is 2.11 bits per heavy atom. The number of amides is 2. The minimum Gasteiger partial charge on any atom is -0.497 e. The fourth-order valence-electron chi connectivity index (χ4n) is 1.62. The van der Waals surface area contributed by atoms with Crippen LogP contribution >= 0.6 is 0 Å². The molecular formula is C13H18N2O4. The molecule has 1 rings (SSSR count). The number of hydrogen-bond donors (Lipinski definition) is 2. The molecule has 0 radical (unpaired) electrons. The van der Waals surface area contributed by atoms with Crippen LogP contribution in [-0.2, 0) is 20.7 Å². The van der Waals surface area contributed by atoms with Crippen molar-refractivity contribution in [3.8, 4) is 5.75 Å². The Kier molecular flexibility index (Phi) is 5.81. The molecule has 104 valence electrons. The summed E-state index contributed by atoms with van der Waals surface area (Å²) >= 11 is 0. The lowest BCUT2D eigenvalue weighted by atomic mass is 10.1. The van der Waals surface area contributed by atoms with E-state index in [1.54, 1.807) is 19.2 Å². The summed E-state index contributed by atoms with van der Waals surface area (Å²) < 4.78 is 9.78. The lowest BCUT2D eigenvalue weighted by molar-refractivity contribution is -0.129. The van der Waals surface area contributed by atoms with Crippen LogP contribution < -0.4 is 15.8 Å². The Bertz CT molecular complexity index is 448. The summed E-state index contributed by atoms with van der Waals surface area (Å²) in [5, 5.41) is 2.52. The van der Waals surface area contributed by atoms with Gasteiger partial charge in [0.15, 0.2) is 0 Å². The van der Waals surface area contributed by atoms with E-state index in [-0.39, 0.29) is 12.5 Å². The van der Waals surface area contributed by atoms with Gasteiger partial charge in [0.2, 0.25) is 11.8 Å². The molecule has 0 heterocycles. The zero-order chi connectivity index (χ0) is 14.3. The highest BCUT2D eigenvalue weighted by molar-refractivity contribution is 5.87. The second-order valence-electron chi connectivity index (χ2n) is 4.01. The van der Waals surface area contributed by atoms with Gasteiger partial charge in [0.1, 0.15) is 18.4 Å². The van der Waals surface area contributed by atoms with E-state index in [0.717, 1.165) is 5.56 Å². The highest BCUT2D eigenvalue weighted by Crippen LogP contribution is 2.14. The van der Waals surface area contributed by atoms with Gasteiger partial charge in [-0.05, 0) is 17.7 Å². The molecule has 0 saturated carbocycles. The fraction of sp³-hybridized carbons (Fsp3) is 0.385. The van der Waals surface area contributed by atoms with Crippen molar-refractivity contribution >= 4 is 11.8 Å². The molecule has 0 aliphatic rings. The Morgan fingerprint density at radius 1 is 1.37 bits per heavy atom. The molecule has 3 N–H and O–H groups in total. The largest absolute Gasteiger partial charge is 0.497 e. The van der Waals surface area contributed by atoms with Crippen molar-refractivity contribution < 1.29 is 19.1 Å². The normalized spacial score (nSPS) is 11.7. The van der Waals surface area contributed by atoms with Gasteiger partial charge in [0, 0.05) is 13.5 Å². The summed E-state index contributed by atoms with van der Waals surface area (Å²) in [4.78, 5) is 22.7. The van der Waals surface area contributed by atoms with Gasteiger partial charge in [-0.15, -0.1) is 0 Å². The van der Waals surface area contributed by atoms with Crippen molar-refractivity contribution in [2.75, 3.05) is 20.8 Å². The zero-order valence-electron chi connectivity index (χ0n) is 11.0. The summed E-state index contributed by atoms with van der Waals surface area (Å²) in [6, 6.07) is 6.46. The minimum absolute atomic E-state index is 0.109. The van der Waals surface area contributed by atoms with E-state index < -0.39 is 11.9 Å². The number of methoxy groups -OCH3 is 2. The third kappa shape index (κ3) is 4.97. The van der Waals surface area contributed by atoms with E-state index in [0.29, 0.717) is 12.2 Å². The number of carbonyl (C=O) groups excluding carboxylic acids is 2. The summed E-state index contributed by atoms with van der Waals surface area (Å²) in [5.41, 5.74) is 6.12. The van der Waals surface area contributed by atoms with Gasteiger partial charge >= 0.3 is 0 Å². The molecule has 0 saturated heterocycles. The van der Waals surface area contributed by atoms with Crippen LogP contribution in [0, 0.1) is 0 Å². The number of carbonyl (C=O) groups is 2. The van der Waals surface area contributed by atoms with Gasteiger partial charge in [-0.1, -0.05) is 12.1 Å². The lowest BCUT2D eigenvalue weighted by Crippen LogP contribution is -2.46. The van der Waals surface area contributed by atoms with Crippen LogP contribution in [0.25, 0.3) is 0 Å². The average molecular weight is 266 g/mol. The minimum atomic E-state index is -0.769. The quantitative estimate of drug-likeness (QED) is 0.718. The third-order valence-electron chi connectivity index (χ3n) is 2.53. The van der Waals surface area contributed by atoms with Crippen molar-refractivity contribution in [2.45, 2.75) is 12.5 Å². The molecule has 0 aromatic heterocycles. The van der Waals surface area contributed by atoms with E-state index in [4.69, 9.17) is 10.5 Å². The van der Waals surface area contributed by atoms with Crippen LogP contribution in [0.15, 0.2) is 24.3 Å². The molecule has 0 aliphatic carbocycles. The van der Waals surface area contributed by atoms with Crippen LogP contribution in [0.1, 0.15) is 5.56 Å². The molecule has 6 nitrogen and oxygen atoms in total. The highest BCUT2D eigenvalue weighted by atomic mass is 16.5. The first-order valence-corrected chi connectivity index (χ1v) is 5.77. The van der Waals surface area contributed by atoms with Crippen molar-refractivity contribution in [2.24, 2.45) is 5.73 Å². The summed E-state index contributed by atoms with van der Waals surface area (Å²) in [5.74, 6) is -0.287. The second-order valence-corrected chi connectivity index (χ2v) is 4.01. The van der Waals surface area contributed by atoms with Gasteiger partial charge in [-0.25, -0.2) is 0 Å². The molecule has 19 heavy (non-hydrogen) atoms. The van der Waals surface area contributed by atoms with Crippen molar-refractivity contribution in [1.82, 2.24) is 5.32 Å². The summed E-state index contributed by atoms with van der Waals surface area (Å²) in [6.07, 6.45) is 0.308. The summed E-state index contributed by atoms with van der Waals surface area (Å²) in [7, 11) is 2.96. The average Bonchev–Trinajstić information content (AvgIpc) is 2.38. The highest BCUT2D eigenvalue weighted by Gasteiger charge is 2.18. The maximum atomic E-state index is 11.4. The SMILES string of the molecule is COCC(=O)N[C@H](Cc1cccc(OC)c1)C(N)=O. The van der Waals surface area contributed by atoms with Gasteiger partial charge in [-0.3, -0.25) is 9.59 Å². The predicted octanol–water partition coefficient (Wildman–Crippen LogP) is -0.146. The molecule has 2 amide bonds. The number of nitrogens with one attached hydrogen (secondary N) is 1. The van der Waals surface area contributed by atoms with Gasteiger partial charge in [0.25, 0.3) is 0 Å². The number of nitrogens with two attached hydrogens (primary N) is 1. The standard InChI is InChI=1S/C13H18N2O4/c1-18-8-12(16)15-11(13(14)17)7-9-4-3-5-10(6-9)19-2/h3-6,11H,7-8H2,1-2H3,(H2,14,17)(H,15,16)/t11-/m1/s1. The lowest BCUT2D eigenvalue weighted by Gasteiger charge is -2.15. The van der Waals surface area contributed by atoms with Crippen LogP contribution in [-0.4, -0.2) is 38.7 Å². The molecule has 0 fully saturated rings. The second kappa shape index (κ2) is 7.38. The third-order valence-corrected chi connectivity index (χ3v) is 2.53. The number of benzene rings is 1. The van der Waals surface area contributed by atoms with Crippen molar-refractivity contribution in [1.29, 1.82) is 0 Å². The molecule has 1 aromatic rings. The molecule has 1 atom stereocenters. The molecule has 0 unspecified atom stereocenters. The Labute approximate surface area is 111 Å². The van der Waals surface area contributed by atoms with Crippen molar-refractivity contribution in [3.05, 3.63) is 29.8 Å². The van der Waals surface area contributed by atoms with Crippen LogP contribution in [0.2, 0.25) is 0 Å². The van der Waals surface area contributed by atoms with Crippen LogP contribution in [0.3, 0.4) is 0 Å². The Balaban J connectivity index is 2.72. The number of hydrogen-bond acceptors (Lipinski definition) is 4. The first-order valence-electron chi connectivity index (χ1n) is 5.77. The number of primary amides is 1. The van der Waals surface area contributed by atoms with Gasteiger partial charge in [-0.2, -0.15) is 0 Å². The first-order chi connectivity index (χ1) is 9.06. The topological polar surface area (TPSA) is 90.7 Å². The molecule has 0 aliphatic heterocycles. The molecule has 1 aromatic carbocycles. The van der Waals surface area contributed by atoms with Crippen molar-refractivity contribution in [3.63, 3.8) is 0 Å².